The molecule has 3 N–H and O–H groups in total. The molecule has 19 heavy (non-hydrogen) atoms. The summed E-state index contributed by atoms with van der Waals surface area (Å²) < 4.78 is 0. The van der Waals surface area contributed by atoms with Gasteiger partial charge in [0, 0.05) is 5.38 Å². The van der Waals surface area contributed by atoms with Gasteiger partial charge in [-0.1, -0.05) is 30.3 Å². The lowest BCUT2D eigenvalue weighted by molar-refractivity contribution is -0.126. The Labute approximate surface area is 116 Å². The molecule has 1 aromatic carbocycles. The lowest BCUT2D eigenvalue weighted by atomic mass is 9.92. The Morgan fingerprint density at radius 1 is 1.42 bits per heavy atom. The standard InChI is InChI=1S/C14H17N3OS/c1-10-17-12(9-19-10)8-16-13(18)14(2,15)11-6-4-3-5-7-11/h3-7,9H,8,15H2,1-2H3,(H,16,18). The average molecular weight is 275 g/mol. The number of aromatic nitrogens is 1. The maximum absolute atomic E-state index is 12.2. The molecule has 0 aliphatic carbocycles. The van der Waals surface area contributed by atoms with E-state index in [1.165, 1.54) is 0 Å². The van der Waals surface area contributed by atoms with E-state index in [9.17, 15) is 4.79 Å². The highest BCUT2D eigenvalue weighted by Gasteiger charge is 2.30. The van der Waals surface area contributed by atoms with Gasteiger partial charge < -0.3 is 11.1 Å². The smallest absolute Gasteiger partial charge is 0.244 e. The van der Waals surface area contributed by atoms with Gasteiger partial charge in [-0.3, -0.25) is 4.79 Å². The molecule has 0 fully saturated rings. The first-order valence-electron chi connectivity index (χ1n) is 6.04. The fourth-order valence-corrected chi connectivity index (χ4v) is 2.37. The molecule has 0 saturated heterocycles. The van der Waals surface area contributed by atoms with Crippen LogP contribution in [0.3, 0.4) is 0 Å². The number of carbonyl (C=O) groups excluding carboxylic acids is 1. The quantitative estimate of drug-likeness (QED) is 0.896. The molecule has 0 bridgehead atoms. The SMILES string of the molecule is Cc1nc(CNC(=O)C(C)(N)c2ccccc2)cs1. The van der Waals surface area contributed by atoms with Gasteiger partial charge in [0.1, 0.15) is 5.54 Å². The van der Waals surface area contributed by atoms with Gasteiger partial charge in [-0.2, -0.15) is 0 Å². The summed E-state index contributed by atoms with van der Waals surface area (Å²) >= 11 is 1.57. The van der Waals surface area contributed by atoms with Gasteiger partial charge in [-0.15, -0.1) is 11.3 Å². The third kappa shape index (κ3) is 3.19. The first-order chi connectivity index (χ1) is 9.00. The predicted octanol–water partition coefficient (Wildman–Crippen LogP) is 1.94. The molecule has 0 aliphatic heterocycles. The summed E-state index contributed by atoms with van der Waals surface area (Å²) in [5.41, 5.74) is 6.74. The number of carbonyl (C=O) groups is 1. The molecule has 4 nitrogen and oxygen atoms in total. The van der Waals surface area contributed by atoms with Crippen molar-refractivity contribution in [2.24, 2.45) is 5.73 Å². The summed E-state index contributed by atoms with van der Waals surface area (Å²) in [5, 5.41) is 5.76. The van der Waals surface area contributed by atoms with Gasteiger partial charge in [0.15, 0.2) is 0 Å². The Bertz CT molecular complexity index is 563. The molecule has 2 rings (SSSR count). The molecule has 1 atom stereocenters. The van der Waals surface area contributed by atoms with Crippen molar-refractivity contribution in [3.63, 3.8) is 0 Å². The molecule has 100 valence electrons. The van der Waals surface area contributed by atoms with Crippen molar-refractivity contribution >= 4 is 17.2 Å². The predicted molar refractivity (Wildman–Crippen MR) is 76.7 cm³/mol. The van der Waals surface area contributed by atoms with Gasteiger partial charge in [0.05, 0.1) is 17.2 Å². The molecule has 5 heteroatoms. The van der Waals surface area contributed by atoms with Crippen LogP contribution in [0.25, 0.3) is 0 Å². The Hall–Kier alpha value is -1.72. The Balaban J connectivity index is 2.03. The third-order valence-corrected chi connectivity index (χ3v) is 3.76. The minimum absolute atomic E-state index is 0.204. The lowest BCUT2D eigenvalue weighted by Crippen LogP contribution is -2.48. The van der Waals surface area contributed by atoms with Crippen molar-refractivity contribution in [2.75, 3.05) is 0 Å². The van der Waals surface area contributed by atoms with Crippen LogP contribution >= 0.6 is 11.3 Å². The number of rotatable bonds is 4. The maximum atomic E-state index is 12.2. The van der Waals surface area contributed by atoms with E-state index < -0.39 is 5.54 Å². The van der Waals surface area contributed by atoms with Crippen molar-refractivity contribution in [1.29, 1.82) is 0 Å². The first kappa shape index (κ1) is 13.7. The van der Waals surface area contributed by atoms with Gasteiger partial charge in [0.2, 0.25) is 5.91 Å². The number of hydrogen-bond acceptors (Lipinski definition) is 4. The number of aryl methyl sites for hydroxylation is 1. The van der Waals surface area contributed by atoms with Crippen LogP contribution in [0.15, 0.2) is 35.7 Å². The maximum Gasteiger partial charge on any atom is 0.244 e. The van der Waals surface area contributed by atoms with E-state index in [-0.39, 0.29) is 5.91 Å². The van der Waals surface area contributed by atoms with E-state index in [0.717, 1.165) is 16.3 Å². The number of nitrogens with two attached hydrogens (primary N) is 1. The van der Waals surface area contributed by atoms with Crippen molar-refractivity contribution in [3.05, 3.63) is 52.0 Å². The Kier molecular flexibility index (Phi) is 3.97. The van der Waals surface area contributed by atoms with E-state index in [2.05, 4.69) is 10.3 Å². The number of hydrogen-bond donors (Lipinski definition) is 2. The molecule has 1 heterocycles. The zero-order valence-corrected chi connectivity index (χ0v) is 11.8. The highest BCUT2D eigenvalue weighted by molar-refractivity contribution is 7.09. The molecular formula is C14H17N3OS. The molecular weight excluding hydrogens is 258 g/mol. The zero-order valence-electron chi connectivity index (χ0n) is 11.0. The Morgan fingerprint density at radius 2 is 2.11 bits per heavy atom. The summed E-state index contributed by atoms with van der Waals surface area (Å²) in [4.78, 5) is 16.5. The van der Waals surface area contributed by atoms with E-state index in [4.69, 9.17) is 5.73 Å². The average Bonchev–Trinajstić information content (AvgIpc) is 2.82. The van der Waals surface area contributed by atoms with Gasteiger partial charge in [-0.25, -0.2) is 4.98 Å². The van der Waals surface area contributed by atoms with Crippen LogP contribution in [0.5, 0.6) is 0 Å². The molecule has 0 saturated carbocycles. The Morgan fingerprint density at radius 3 is 2.68 bits per heavy atom. The monoisotopic (exact) mass is 275 g/mol. The molecule has 1 amide bonds. The van der Waals surface area contributed by atoms with E-state index in [1.807, 2.05) is 42.6 Å². The number of nitrogens with zero attached hydrogens (tertiary/aromatic N) is 1. The molecule has 2 aromatic rings. The van der Waals surface area contributed by atoms with Crippen LogP contribution in [-0.2, 0) is 16.9 Å². The number of benzene rings is 1. The van der Waals surface area contributed by atoms with Gasteiger partial charge >= 0.3 is 0 Å². The summed E-state index contributed by atoms with van der Waals surface area (Å²) in [6.07, 6.45) is 0. The fourth-order valence-electron chi connectivity index (χ4n) is 1.76. The van der Waals surface area contributed by atoms with Crippen molar-refractivity contribution in [3.8, 4) is 0 Å². The highest BCUT2D eigenvalue weighted by Crippen LogP contribution is 2.17. The summed E-state index contributed by atoms with van der Waals surface area (Å²) in [5.74, 6) is -0.204. The summed E-state index contributed by atoms with van der Waals surface area (Å²) in [6.45, 7) is 4.06. The van der Waals surface area contributed by atoms with Crippen molar-refractivity contribution in [2.45, 2.75) is 25.9 Å². The largest absolute Gasteiger partial charge is 0.349 e. The molecule has 0 aliphatic rings. The normalized spacial score (nSPS) is 13.8. The highest BCUT2D eigenvalue weighted by atomic mass is 32.1. The number of thiazole rings is 1. The summed E-state index contributed by atoms with van der Waals surface area (Å²) in [7, 11) is 0. The molecule has 0 spiro atoms. The van der Waals surface area contributed by atoms with E-state index in [0.29, 0.717) is 6.54 Å². The molecule has 1 aromatic heterocycles. The third-order valence-electron chi connectivity index (χ3n) is 2.94. The van der Waals surface area contributed by atoms with Crippen molar-refractivity contribution in [1.82, 2.24) is 10.3 Å². The van der Waals surface area contributed by atoms with Crippen LogP contribution in [-0.4, -0.2) is 10.9 Å². The van der Waals surface area contributed by atoms with Crippen LogP contribution in [0.1, 0.15) is 23.2 Å². The van der Waals surface area contributed by atoms with Gasteiger partial charge in [-0.05, 0) is 19.4 Å². The zero-order chi connectivity index (χ0) is 13.9. The molecule has 1 unspecified atom stereocenters. The number of nitrogens with one attached hydrogen (secondary N) is 1. The first-order valence-corrected chi connectivity index (χ1v) is 6.92. The van der Waals surface area contributed by atoms with Crippen molar-refractivity contribution < 1.29 is 4.79 Å². The second kappa shape index (κ2) is 5.50. The second-order valence-corrected chi connectivity index (χ2v) is 5.67. The van der Waals surface area contributed by atoms with Crippen LogP contribution < -0.4 is 11.1 Å². The number of amides is 1. The van der Waals surface area contributed by atoms with Crippen LogP contribution in [0.4, 0.5) is 0 Å². The summed E-state index contributed by atoms with van der Waals surface area (Å²) in [6, 6.07) is 9.35. The van der Waals surface area contributed by atoms with Crippen LogP contribution in [0.2, 0.25) is 0 Å². The molecule has 0 radical (unpaired) electrons. The second-order valence-electron chi connectivity index (χ2n) is 4.61. The topological polar surface area (TPSA) is 68.0 Å². The minimum atomic E-state index is -1.04. The minimum Gasteiger partial charge on any atom is -0.349 e. The lowest BCUT2D eigenvalue weighted by Gasteiger charge is -2.23. The van der Waals surface area contributed by atoms with Crippen LogP contribution in [0, 0.1) is 6.92 Å². The van der Waals surface area contributed by atoms with E-state index in [1.54, 1.807) is 18.3 Å². The fraction of sp³-hybridized carbons (Fsp3) is 0.286. The van der Waals surface area contributed by atoms with E-state index >= 15 is 0 Å². The van der Waals surface area contributed by atoms with Gasteiger partial charge in [0.25, 0.3) is 0 Å².